The lowest BCUT2D eigenvalue weighted by atomic mass is 9.93. The van der Waals surface area contributed by atoms with E-state index in [1.807, 2.05) is 11.9 Å². The largest absolute Gasteiger partial charge is 0.372 e. The molecule has 1 aliphatic carbocycles. The maximum absolute atomic E-state index is 12.9. The highest BCUT2D eigenvalue weighted by Crippen LogP contribution is 2.27. The average molecular weight is 340 g/mol. The quantitative estimate of drug-likeness (QED) is 0.887. The molecule has 0 unspecified atom stereocenters. The molecule has 2 N–H and O–H groups in total. The number of aryl methyl sites for hydroxylation is 1. The molecule has 0 aromatic carbocycles. The summed E-state index contributed by atoms with van der Waals surface area (Å²) in [6, 6.07) is 0. The molecule has 0 radical (unpaired) electrons. The molecule has 25 heavy (non-hydrogen) atoms. The lowest BCUT2D eigenvalue weighted by Gasteiger charge is -2.32. The van der Waals surface area contributed by atoms with Gasteiger partial charge in [-0.15, -0.1) is 0 Å². The highest BCUT2D eigenvalue weighted by molar-refractivity contribution is 5.94. The number of piperidine rings is 1. The normalized spacial score (nSPS) is 19.7. The van der Waals surface area contributed by atoms with Gasteiger partial charge >= 0.3 is 0 Å². The third-order valence-corrected chi connectivity index (χ3v) is 5.31. The van der Waals surface area contributed by atoms with Crippen LogP contribution in [0.2, 0.25) is 0 Å². The summed E-state index contributed by atoms with van der Waals surface area (Å²) < 4.78 is 0. The van der Waals surface area contributed by atoms with E-state index in [2.05, 4.69) is 25.5 Å². The molecule has 1 atom stereocenters. The Morgan fingerprint density at radius 1 is 1.32 bits per heavy atom. The number of carbonyl (C=O) groups excluding carboxylic acids is 1. The summed E-state index contributed by atoms with van der Waals surface area (Å²) in [6.45, 7) is 1.58. The van der Waals surface area contributed by atoms with Crippen molar-refractivity contribution in [2.24, 2.45) is 5.92 Å². The van der Waals surface area contributed by atoms with Gasteiger partial charge in [0.2, 0.25) is 0 Å². The predicted octanol–water partition coefficient (Wildman–Crippen LogP) is 1.82. The second-order valence-corrected chi connectivity index (χ2v) is 6.95. The molecule has 2 aliphatic rings. The Morgan fingerprint density at radius 2 is 2.20 bits per heavy atom. The van der Waals surface area contributed by atoms with E-state index in [9.17, 15) is 4.79 Å². The van der Waals surface area contributed by atoms with Crippen LogP contribution in [0, 0.1) is 5.92 Å². The van der Waals surface area contributed by atoms with Crippen molar-refractivity contribution < 1.29 is 4.79 Å². The van der Waals surface area contributed by atoms with E-state index in [-0.39, 0.29) is 5.91 Å². The second-order valence-electron chi connectivity index (χ2n) is 6.95. The van der Waals surface area contributed by atoms with E-state index in [0.29, 0.717) is 11.6 Å². The van der Waals surface area contributed by atoms with Gasteiger partial charge in [-0.25, -0.2) is 4.98 Å². The minimum absolute atomic E-state index is 0.0806. The zero-order valence-corrected chi connectivity index (χ0v) is 14.6. The van der Waals surface area contributed by atoms with Crippen molar-refractivity contribution >= 4 is 11.7 Å². The van der Waals surface area contributed by atoms with Crippen molar-refractivity contribution in [2.45, 2.75) is 38.5 Å². The van der Waals surface area contributed by atoms with E-state index in [4.69, 9.17) is 0 Å². The molecule has 7 nitrogen and oxygen atoms in total. The fourth-order valence-electron chi connectivity index (χ4n) is 4.06. The first-order valence-electron chi connectivity index (χ1n) is 9.09. The number of H-pyrrole nitrogens is 1. The molecule has 0 spiro atoms. The van der Waals surface area contributed by atoms with Gasteiger partial charge in [-0.05, 0) is 44.4 Å². The van der Waals surface area contributed by atoms with Crippen LogP contribution in [-0.2, 0) is 19.3 Å². The average Bonchev–Trinajstić information content (AvgIpc) is 3.25. The van der Waals surface area contributed by atoms with Gasteiger partial charge in [0.15, 0.2) is 5.69 Å². The molecule has 2 aromatic rings. The van der Waals surface area contributed by atoms with E-state index >= 15 is 0 Å². The van der Waals surface area contributed by atoms with Crippen LogP contribution >= 0.6 is 0 Å². The molecule has 4 rings (SSSR count). The first-order chi connectivity index (χ1) is 12.3. The summed E-state index contributed by atoms with van der Waals surface area (Å²) in [7, 11) is 1.86. The Labute approximate surface area is 147 Å². The molecule has 0 bridgehead atoms. The van der Waals surface area contributed by atoms with Gasteiger partial charge in [-0.2, -0.15) is 5.10 Å². The number of amides is 1. The maximum atomic E-state index is 12.9. The predicted molar refractivity (Wildman–Crippen MR) is 94.5 cm³/mol. The number of aromatic amines is 1. The molecule has 1 fully saturated rings. The molecule has 1 aliphatic heterocycles. The molecular formula is C18H24N6O. The lowest BCUT2D eigenvalue weighted by molar-refractivity contribution is 0.0666. The molecule has 0 saturated carbocycles. The smallest absolute Gasteiger partial charge is 0.274 e. The van der Waals surface area contributed by atoms with Crippen LogP contribution in [0.5, 0.6) is 0 Å². The number of nitrogens with zero attached hydrogens (tertiary/aromatic N) is 4. The zero-order valence-electron chi connectivity index (χ0n) is 14.6. The van der Waals surface area contributed by atoms with E-state index < -0.39 is 0 Å². The summed E-state index contributed by atoms with van der Waals surface area (Å²) in [4.78, 5) is 23.7. The topological polar surface area (TPSA) is 86.8 Å². The Kier molecular flexibility index (Phi) is 4.38. The highest BCUT2D eigenvalue weighted by Gasteiger charge is 2.30. The molecule has 7 heteroatoms. The Hall–Kier alpha value is -2.44. The van der Waals surface area contributed by atoms with Crippen LogP contribution in [0.15, 0.2) is 12.4 Å². The first kappa shape index (κ1) is 16.1. The fraction of sp³-hybridized carbons (Fsp3) is 0.556. The van der Waals surface area contributed by atoms with Crippen molar-refractivity contribution in [2.75, 3.05) is 25.5 Å². The number of hydrogen-bond donors (Lipinski definition) is 2. The van der Waals surface area contributed by atoms with Crippen LogP contribution < -0.4 is 5.32 Å². The minimum Gasteiger partial charge on any atom is -0.372 e. The van der Waals surface area contributed by atoms with Crippen LogP contribution in [0.25, 0.3) is 0 Å². The van der Waals surface area contributed by atoms with Crippen molar-refractivity contribution in [3.63, 3.8) is 0 Å². The van der Waals surface area contributed by atoms with E-state index in [1.165, 1.54) is 0 Å². The summed E-state index contributed by atoms with van der Waals surface area (Å²) in [5.41, 5.74) is 3.90. The summed E-state index contributed by atoms with van der Waals surface area (Å²) in [5.74, 6) is 1.32. The van der Waals surface area contributed by atoms with Gasteiger partial charge in [0.05, 0.1) is 5.69 Å². The number of rotatable bonds is 4. The van der Waals surface area contributed by atoms with Crippen molar-refractivity contribution in [3.05, 3.63) is 35.0 Å². The van der Waals surface area contributed by atoms with Gasteiger partial charge in [-0.1, -0.05) is 0 Å². The zero-order chi connectivity index (χ0) is 17.2. The van der Waals surface area contributed by atoms with E-state index in [0.717, 1.165) is 74.4 Å². The van der Waals surface area contributed by atoms with Gasteiger partial charge < -0.3 is 10.2 Å². The Morgan fingerprint density at radius 3 is 3.08 bits per heavy atom. The van der Waals surface area contributed by atoms with Crippen molar-refractivity contribution in [3.8, 4) is 0 Å². The molecule has 1 saturated heterocycles. The van der Waals surface area contributed by atoms with Crippen LogP contribution in [-0.4, -0.2) is 51.1 Å². The summed E-state index contributed by atoms with van der Waals surface area (Å²) >= 11 is 0. The van der Waals surface area contributed by atoms with Gasteiger partial charge in [0, 0.05) is 43.8 Å². The minimum atomic E-state index is 0.0806. The fourth-order valence-corrected chi connectivity index (χ4v) is 4.06. The Bertz CT molecular complexity index is 771. The van der Waals surface area contributed by atoms with Crippen LogP contribution in [0.3, 0.4) is 0 Å². The van der Waals surface area contributed by atoms with Crippen LogP contribution in [0.4, 0.5) is 5.82 Å². The number of likely N-dealkylation sites (tertiary alicyclic amines) is 1. The number of hydrogen-bond acceptors (Lipinski definition) is 5. The lowest BCUT2D eigenvalue weighted by Crippen LogP contribution is -2.41. The van der Waals surface area contributed by atoms with Crippen LogP contribution in [0.1, 0.15) is 46.7 Å². The molecular weight excluding hydrogens is 316 g/mol. The third kappa shape index (κ3) is 3.10. The number of aromatic nitrogens is 4. The number of anilines is 1. The van der Waals surface area contributed by atoms with E-state index in [1.54, 1.807) is 12.4 Å². The van der Waals surface area contributed by atoms with Gasteiger partial charge in [0.25, 0.3) is 5.91 Å². The summed E-state index contributed by atoms with van der Waals surface area (Å²) in [5, 5.41) is 10.5. The number of nitrogens with one attached hydrogen (secondary N) is 2. The molecule has 3 heterocycles. The van der Waals surface area contributed by atoms with Gasteiger partial charge in [-0.3, -0.25) is 14.9 Å². The SMILES string of the molecule is CNc1nccnc1C[C@@H]1CCCN(C(=O)c2n[nH]c3c2CCC3)C1. The van der Waals surface area contributed by atoms with Crippen molar-refractivity contribution in [1.29, 1.82) is 0 Å². The third-order valence-electron chi connectivity index (χ3n) is 5.31. The number of carbonyl (C=O) groups is 1. The summed E-state index contributed by atoms with van der Waals surface area (Å²) in [6.07, 6.45) is 9.50. The van der Waals surface area contributed by atoms with Gasteiger partial charge in [0.1, 0.15) is 5.82 Å². The first-order valence-corrected chi connectivity index (χ1v) is 9.09. The maximum Gasteiger partial charge on any atom is 0.274 e. The Balaban J connectivity index is 1.46. The molecule has 132 valence electrons. The standard InChI is InChI=1S/C18H24N6O/c1-19-17-15(20-7-8-21-17)10-12-4-3-9-24(11-12)18(25)16-13-5-2-6-14(13)22-23-16/h7-8,12H,2-6,9-11H2,1H3,(H,19,21)(H,22,23)/t12-/m0/s1. The molecule has 1 amide bonds. The highest BCUT2D eigenvalue weighted by atomic mass is 16.2. The monoisotopic (exact) mass is 340 g/mol. The number of fused-ring (bicyclic) bond motifs is 1. The molecule has 2 aromatic heterocycles. The van der Waals surface area contributed by atoms with Crippen molar-refractivity contribution in [1.82, 2.24) is 25.1 Å². The second kappa shape index (κ2) is 6.82.